The van der Waals surface area contributed by atoms with Crippen LogP contribution in [0.1, 0.15) is 44.1 Å². The van der Waals surface area contributed by atoms with Gasteiger partial charge in [0, 0.05) is 6.42 Å². The van der Waals surface area contributed by atoms with Crippen molar-refractivity contribution in [2.75, 3.05) is 0 Å². The van der Waals surface area contributed by atoms with Crippen molar-refractivity contribution in [3.05, 3.63) is 35.5 Å². The van der Waals surface area contributed by atoms with E-state index < -0.39 is 6.04 Å². The summed E-state index contributed by atoms with van der Waals surface area (Å²) in [5.74, 6) is 0.694. The number of benzene rings is 1. The number of aromatic hydroxyl groups is 2. The average Bonchev–Trinajstić information content (AvgIpc) is 2.80. The molecule has 0 aliphatic heterocycles. The van der Waals surface area contributed by atoms with E-state index in [1.807, 2.05) is 0 Å². The molecule has 1 unspecified atom stereocenters. The van der Waals surface area contributed by atoms with E-state index in [4.69, 9.17) is 10.3 Å². The summed E-state index contributed by atoms with van der Waals surface area (Å²) in [6.45, 7) is 6.30. The Balaban J connectivity index is 2.06. The predicted molar refractivity (Wildman–Crippen MR) is 77.9 cm³/mol. The quantitative estimate of drug-likeness (QED) is 0.746. The Morgan fingerprint density at radius 1 is 1.24 bits per heavy atom. The zero-order valence-electron chi connectivity index (χ0n) is 12.5. The molecular formula is C15H21N3O3. The summed E-state index contributed by atoms with van der Waals surface area (Å²) in [5.41, 5.74) is 6.91. The minimum Gasteiger partial charge on any atom is -0.504 e. The number of hydrogen-bond donors (Lipinski definition) is 3. The van der Waals surface area contributed by atoms with E-state index in [-0.39, 0.29) is 16.9 Å². The van der Waals surface area contributed by atoms with Gasteiger partial charge in [-0.2, -0.15) is 4.98 Å². The first-order chi connectivity index (χ1) is 9.74. The molecule has 0 spiro atoms. The Bertz CT molecular complexity index is 617. The zero-order valence-corrected chi connectivity index (χ0v) is 12.5. The van der Waals surface area contributed by atoms with E-state index >= 15 is 0 Å². The molecule has 0 aliphatic carbocycles. The third-order valence-corrected chi connectivity index (χ3v) is 2.98. The van der Waals surface area contributed by atoms with Gasteiger partial charge in [-0.1, -0.05) is 32.0 Å². The molecule has 0 bridgehead atoms. The molecule has 6 heteroatoms. The van der Waals surface area contributed by atoms with Crippen molar-refractivity contribution in [1.82, 2.24) is 10.1 Å². The van der Waals surface area contributed by atoms with E-state index in [1.54, 1.807) is 6.07 Å². The summed E-state index contributed by atoms with van der Waals surface area (Å²) in [6, 6.07) is 4.15. The van der Waals surface area contributed by atoms with Crippen LogP contribution in [-0.2, 0) is 12.8 Å². The molecule has 6 nitrogen and oxygen atoms in total. The first-order valence-corrected chi connectivity index (χ1v) is 6.83. The molecule has 114 valence electrons. The standard InChI is InChI=1S/C15H21N3O3/c1-15(2,3)8-13-17-14(21-18-13)10(16)6-9-4-5-11(19)12(20)7-9/h4-5,7,10,19-20H,6,8,16H2,1-3H3. The maximum Gasteiger partial charge on any atom is 0.243 e. The van der Waals surface area contributed by atoms with E-state index in [0.717, 1.165) is 5.56 Å². The molecule has 2 aromatic rings. The molecule has 0 radical (unpaired) electrons. The summed E-state index contributed by atoms with van der Waals surface area (Å²) >= 11 is 0. The van der Waals surface area contributed by atoms with Crippen LogP contribution in [0.5, 0.6) is 11.5 Å². The summed E-state index contributed by atoms with van der Waals surface area (Å²) in [7, 11) is 0. The average molecular weight is 291 g/mol. The van der Waals surface area contributed by atoms with Gasteiger partial charge in [-0.25, -0.2) is 0 Å². The monoisotopic (exact) mass is 291 g/mol. The van der Waals surface area contributed by atoms with Gasteiger partial charge in [0.1, 0.15) is 0 Å². The molecule has 0 amide bonds. The lowest BCUT2D eigenvalue weighted by atomic mass is 9.92. The Kier molecular flexibility index (Phi) is 4.18. The van der Waals surface area contributed by atoms with Crippen molar-refractivity contribution in [2.45, 2.75) is 39.7 Å². The third-order valence-electron chi connectivity index (χ3n) is 2.98. The Morgan fingerprint density at radius 2 is 1.95 bits per heavy atom. The molecule has 1 aromatic heterocycles. The molecule has 0 aliphatic rings. The molecular weight excluding hydrogens is 270 g/mol. The van der Waals surface area contributed by atoms with Gasteiger partial charge in [-0.3, -0.25) is 0 Å². The van der Waals surface area contributed by atoms with Crippen molar-refractivity contribution < 1.29 is 14.7 Å². The lowest BCUT2D eigenvalue weighted by Gasteiger charge is -2.14. The molecule has 1 heterocycles. The van der Waals surface area contributed by atoms with E-state index in [2.05, 4.69) is 30.9 Å². The van der Waals surface area contributed by atoms with Gasteiger partial charge in [0.05, 0.1) is 6.04 Å². The van der Waals surface area contributed by atoms with Crippen LogP contribution in [0.3, 0.4) is 0 Å². The highest BCUT2D eigenvalue weighted by Gasteiger charge is 2.19. The van der Waals surface area contributed by atoms with Gasteiger partial charge in [0.15, 0.2) is 17.3 Å². The minimum absolute atomic E-state index is 0.0774. The SMILES string of the molecule is CC(C)(C)Cc1noc(C(N)Cc2ccc(O)c(O)c2)n1. The maximum absolute atomic E-state index is 9.47. The van der Waals surface area contributed by atoms with Crippen molar-refractivity contribution in [2.24, 2.45) is 11.1 Å². The van der Waals surface area contributed by atoms with Gasteiger partial charge in [-0.15, -0.1) is 0 Å². The maximum atomic E-state index is 9.47. The van der Waals surface area contributed by atoms with Crippen molar-refractivity contribution in [3.8, 4) is 11.5 Å². The normalized spacial score (nSPS) is 13.3. The topological polar surface area (TPSA) is 105 Å². The molecule has 1 aromatic carbocycles. The molecule has 2 rings (SSSR count). The van der Waals surface area contributed by atoms with Crippen LogP contribution in [0.2, 0.25) is 0 Å². The highest BCUT2D eigenvalue weighted by atomic mass is 16.5. The van der Waals surface area contributed by atoms with Crippen LogP contribution in [0.25, 0.3) is 0 Å². The fraction of sp³-hybridized carbons (Fsp3) is 0.467. The number of phenolic OH excluding ortho intramolecular Hbond substituents is 2. The minimum atomic E-state index is -0.449. The molecule has 1 atom stereocenters. The number of hydrogen-bond acceptors (Lipinski definition) is 6. The largest absolute Gasteiger partial charge is 0.504 e. The van der Waals surface area contributed by atoms with Crippen molar-refractivity contribution >= 4 is 0 Å². The molecule has 0 saturated carbocycles. The Hall–Kier alpha value is -2.08. The van der Waals surface area contributed by atoms with Gasteiger partial charge in [0.25, 0.3) is 0 Å². The van der Waals surface area contributed by atoms with E-state index in [1.165, 1.54) is 12.1 Å². The number of aromatic nitrogens is 2. The molecule has 0 saturated heterocycles. The van der Waals surface area contributed by atoms with Crippen LogP contribution in [0.15, 0.2) is 22.7 Å². The fourth-order valence-electron chi connectivity index (χ4n) is 2.00. The predicted octanol–water partition coefficient (Wildman–Crippen LogP) is 2.31. The van der Waals surface area contributed by atoms with Gasteiger partial charge in [-0.05, 0) is 29.5 Å². The first kappa shape index (κ1) is 15.3. The zero-order chi connectivity index (χ0) is 15.6. The molecule has 21 heavy (non-hydrogen) atoms. The first-order valence-electron chi connectivity index (χ1n) is 6.83. The highest BCUT2D eigenvalue weighted by Crippen LogP contribution is 2.27. The van der Waals surface area contributed by atoms with Crippen molar-refractivity contribution in [3.63, 3.8) is 0 Å². The van der Waals surface area contributed by atoms with E-state index in [0.29, 0.717) is 24.6 Å². The second-order valence-corrected chi connectivity index (χ2v) is 6.42. The number of rotatable bonds is 4. The molecule has 4 N–H and O–H groups in total. The Labute approximate surface area is 123 Å². The van der Waals surface area contributed by atoms with Crippen LogP contribution in [0, 0.1) is 5.41 Å². The number of phenols is 2. The summed E-state index contributed by atoms with van der Waals surface area (Å²) in [5, 5.41) is 22.7. The number of nitrogens with two attached hydrogens (primary N) is 1. The molecule has 0 fully saturated rings. The van der Waals surface area contributed by atoms with Crippen LogP contribution >= 0.6 is 0 Å². The summed E-state index contributed by atoms with van der Waals surface area (Å²) in [4.78, 5) is 4.32. The smallest absolute Gasteiger partial charge is 0.243 e. The third kappa shape index (κ3) is 4.19. The van der Waals surface area contributed by atoms with Crippen LogP contribution in [-0.4, -0.2) is 20.4 Å². The second kappa shape index (κ2) is 5.73. The summed E-state index contributed by atoms with van der Waals surface area (Å²) in [6.07, 6.45) is 1.15. The van der Waals surface area contributed by atoms with Crippen LogP contribution < -0.4 is 5.73 Å². The van der Waals surface area contributed by atoms with Crippen LogP contribution in [0.4, 0.5) is 0 Å². The van der Waals surface area contributed by atoms with E-state index in [9.17, 15) is 10.2 Å². The summed E-state index contributed by atoms with van der Waals surface area (Å²) < 4.78 is 5.20. The fourth-order valence-corrected chi connectivity index (χ4v) is 2.00. The lowest BCUT2D eigenvalue weighted by Crippen LogP contribution is -2.14. The van der Waals surface area contributed by atoms with Crippen molar-refractivity contribution in [1.29, 1.82) is 0 Å². The Morgan fingerprint density at radius 3 is 2.57 bits per heavy atom. The lowest BCUT2D eigenvalue weighted by molar-refractivity contribution is 0.339. The van der Waals surface area contributed by atoms with Gasteiger partial charge < -0.3 is 20.5 Å². The highest BCUT2D eigenvalue weighted by molar-refractivity contribution is 5.40. The van der Waals surface area contributed by atoms with Gasteiger partial charge in [0.2, 0.25) is 5.89 Å². The van der Waals surface area contributed by atoms with Gasteiger partial charge >= 0.3 is 0 Å². The number of nitrogens with zero attached hydrogens (tertiary/aromatic N) is 2. The second-order valence-electron chi connectivity index (χ2n) is 6.42.